The summed E-state index contributed by atoms with van der Waals surface area (Å²) in [5.41, 5.74) is -2.60. The standard InChI is InChI=1S/C15H17F3N2O3Se/c1-14(2,15(16,17)18)23-13(22)19-8-5-9-20-12(21)10-6-3-4-7-11(10)24-20/h3-4,6-7H,5,8-9H2,1-2H3,(H,19,22). The molecule has 1 aromatic carbocycles. The Morgan fingerprint density at radius 3 is 2.58 bits per heavy atom. The minimum absolute atomic E-state index is 0.0496. The van der Waals surface area contributed by atoms with Gasteiger partial charge in [0, 0.05) is 0 Å². The van der Waals surface area contributed by atoms with Crippen LogP contribution >= 0.6 is 0 Å². The molecule has 1 aromatic heterocycles. The normalized spacial score (nSPS) is 12.4. The van der Waals surface area contributed by atoms with Gasteiger partial charge in [0.25, 0.3) is 0 Å². The Labute approximate surface area is 142 Å². The molecule has 0 saturated carbocycles. The van der Waals surface area contributed by atoms with E-state index < -0.39 is 17.9 Å². The maximum absolute atomic E-state index is 12.6. The molecular formula is C15H17F3N2O3Se. The van der Waals surface area contributed by atoms with Gasteiger partial charge in [0.05, 0.1) is 0 Å². The molecule has 1 N–H and O–H groups in total. The van der Waals surface area contributed by atoms with E-state index in [1.165, 1.54) is 0 Å². The summed E-state index contributed by atoms with van der Waals surface area (Å²) < 4.78 is 44.9. The van der Waals surface area contributed by atoms with E-state index in [2.05, 4.69) is 10.1 Å². The molecule has 0 unspecified atom stereocenters. The minimum atomic E-state index is -4.64. The second-order valence-corrected chi connectivity index (χ2v) is 7.90. The number of benzene rings is 1. The third kappa shape index (κ3) is 4.21. The Hall–Kier alpha value is -1.73. The molecule has 1 amide bonds. The molecule has 0 saturated heterocycles. The zero-order valence-corrected chi connectivity index (χ0v) is 14.9. The van der Waals surface area contributed by atoms with Crippen LogP contribution in [-0.4, -0.2) is 42.7 Å². The summed E-state index contributed by atoms with van der Waals surface area (Å²) in [4.78, 5) is 23.6. The van der Waals surface area contributed by atoms with Crippen LogP contribution in [0.3, 0.4) is 0 Å². The van der Waals surface area contributed by atoms with E-state index in [-0.39, 0.29) is 26.8 Å². The molecular weight excluding hydrogens is 392 g/mol. The average Bonchev–Trinajstić information content (AvgIpc) is 2.79. The van der Waals surface area contributed by atoms with Crippen LogP contribution in [0.4, 0.5) is 18.0 Å². The van der Waals surface area contributed by atoms with Crippen LogP contribution in [-0.2, 0) is 11.3 Å². The number of amides is 1. The molecule has 24 heavy (non-hydrogen) atoms. The van der Waals surface area contributed by atoms with Gasteiger partial charge in [-0.25, -0.2) is 0 Å². The fraction of sp³-hybridized carbons (Fsp3) is 0.467. The number of rotatable bonds is 5. The van der Waals surface area contributed by atoms with Crippen LogP contribution in [0.2, 0.25) is 0 Å². The zero-order chi connectivity index (χ0) is 18.0. The van der Waals surface area contributed by atoms with Crippen molar-refractivity contribution < 1.29 is 22.7 Å². The van der Waals surface area contributed by atoms with Gasteiger partial charge in [0.1, 0.15) is 0 Å². The summed E-state index contributed by atoms with van der Waals surface area (Å²) in [7, 11) is 0. The SMILES string of the molecule is CC(C)(OC(=O)NCCCn1[se]c2ccccc2c1=O)C(F)(F)F. The summed E-state index contributed by atoms with van der Waals surface area (Å²) in [5.74, 6) is 0. The number of hydrogen-bond donors (Lipinski definition) is 1. The van der Waals surface area contributed by atoms with Crippen molar-refractivity contribution in [3.63, 3.8) is 0 Å². The molecule has 0 bridgehead atoms. The number of carbonyl (C=O) groups is 1. The number of aromatic nitrogens is 1. The van der Waals surface area contributed by atoms with Crippen LogP contribution in [0.25, 0.3) is 9.65 Å². The first-order chi connectivity index (χ1) is 11.1. The van der Waals surface area contributed by atoms with E-state index in [4.69, 9.17) is 0 Å². The number of hydrogen-bond acceptors (Lipinski definition) is 3. The first-order valence-electron chi connectivity index (χ1n) is 7.24. The second kappa shape index (κ2) is 7.02. The van der Waals surface area contributed by atoms with Crippen molar-refractivity contribution in [3.8, 4) is 0 Å². The van der Waals surface area contributed by atoms with Gasteiger partial charge in [-0.3, -0.25) is 0 Å². The molecule has 0 spiro atoms. The van der Waals surface area contributed by atoms with Crippen molar-refractivity contribution in [1.29, 1.82) is 0 Å². The van der Waals surface area contributed by atoms with Crippen molar-refractivity contribution >= 4 is 30.5 Å². The molecule has 2 aromatic rings. The molecule has 0 aliphatic carbocycles. The molecule has 0 aliphatic heterocycles. The topological polar surface area (TPSA) is 60.3 Å². The number of fused-ring (bicyclic) bond motifs is 1. The van der Waals surface area contributed by atoms with Crippen molar-refractivity contribution in [1.82, 2.24) is 8.88 Å². The molecule has 0 atom stereocenters. The second-order valence-electron chi connectivity index (χ2n) is 5.67. The van der Waals surface area contributed by atoms with Crippen molar-refractivity contribution in [3.05, 3.63) is 34.6 Å². The molecule has 0 aliphatic rings. The number of aryl methyl sites for hydroxylation is 1. The first-order valence-corrected chi connectivity index (χ1v) is 8.86. The number of nitrogens with zero attached hydrogens (tertiary/aromatic N) is 1. The summed E-state index contributed by atoms with van der Waals surface area (Å²) in [6, 6.07) is 7.35. The van der Waals surface area contributed by atoms with E-state index >= 15 is 0 Å². The zero-order valence-electron chi connectivity index (χ0n) is 13.1. The Morgan fingerprint density at radius 2 is 1.96 bits per heavy atom. The Morgan fingerprint density at radius 1 is 1.29 bits per heavy atom. The Bertz CT molecular complexity index is 780. The van der Waals surface area contributed by atoms with Crippen molar-refractivity contribution in [2.24, 2.45) is 0 Å². The van der Waals surface area contributed by atoms with Gasteiger partial charge in [0.2, 0.25) is 0 Å². The molecule has 1 heterocycles. The number of ether oxygens (including phenoxy) is 1. The van der Waals surface area contributed by atoms with Crippen LogP contribution in [0.15, 0.2) is 29.1 Å². The fourth-order valence-corrected chi connectivity index (χ4v) is 4.07. The monoisotopic (exact) mass is 410 g/mol. The van der Waals surface area contributed by atoms with Crippen LogP contribution in [0.1, 0.15) is 20.3 Å². The predicted molar refractivity (Wildman–Crippen MR) is 84.4 cm³/mol. The maximum atomic E-state index is 12.6. The molecule has 5 nitrogen and oxygen atoms in total. The van der Waals surface area contributed by atoms with E-state index in [0.717, 1.165) is 18.1 Å². The third-order valence-corrected chi connectivity index (χ3v) is 5.74. The van der Waals surface area contributed by atoms with E-state index in [0.29, 0.717) is 18.4 Å². The number of nitrogens with one attached hydrogen (secondary N) is 1. The van der Waals surface area contributed by atoms with Crippen molar-refractivity contribution in [2.75, 3.05) is 6.54 Å². The molecule has 0 radical (unpaired) electrons. The van der Waals surface area contributed by atoms with Gasteiger partial charge in [-0.15, -0.1) is 0 Å². The van der Waals surface area contributed by atoms with Gasteiger partial charge < -0.3 is 0 Å². The summed E-state index contributed by atoms with van der Waals surface area (Å²) in [6.07, 6.45) is -5.33. The van der Waals surface area contributed by atoms with E-state index in [1.54, 1.807) is 15.7 Å². The number of alkyl halides is 3. The molecule has 132 valence electrons. The number of alkyl carbamates (subject to hydrolysis) is 1. The molecule has 9 heteroatoms. The third-order valence-electron chi connectivity index (χ3n) is 3.39. The Balaban J connectivity index is 1.83. The summed E-state index contributed by atoms with van der Waals surface area (Å²) in [6.45, 7) is 2.13. The van der Waals surface area contributed by atoms with Gasteiger partial charge in [-0.05, 0) is 0 Å². The average molecular weight is 409 g/mol. The Kier molecular flexibility index (Phi) is 5.45. The van der Waals surface area contributed by atoms with E-state index in [9.17, 15) is 22.8 Å². The predicted octanol–water partition coefficient (Wildman–Crippen LogP) is 2.52. The summed E-state index contributed by atoms with van der Waals surface area (Å²) in [5, 5.41) is 2.97. The van der Waals surface area contributed by atoms with Crippen LogP contribution < -0.4 is 10.9 Å². The van der Waals surface area contributed by atoms with E-state index in [1.807, 2.05) is 12.1 Å². The van der Waals surface area contributed by atoms with Gasteiger partial charge in [-0.2, -0.15) is 0 Å². The van der Waals surface area contributed by atoms with Gasteiger partial charge in [-0.1, -0.05) is 0 Å². The summed E-state index contributed by atoms with van der Waals surface area (Å²) >= 11 is -0.105. The fourth-order valence-electron chi connectivity index (χ4n) is 1.90. The van der Waals surface area contributed by atoms with Crippen LogP contribution in [0.5, 0.6) is 0 Å². The van der Waals surface area contributed by atoms with Gasteiger partial charge >= 0.3 is 142 Å². The molecule has 2 rings (SSSR count). The first kappa shape index (κ1) is 18.6. The van der Waals surface area contributed by atoms with Crippen molar-refractivity contribution in [2.45, 2.75) is 38.6 Å². The van der Waals surface area contributed by atoms with Gasteiger partial charge in [0.15, 0.2) is 0 Å². The van der Waals surface area contributed by atoms with Crippen LogP contribution in [0, 0.1) is 0 Å². The quantitative estimate of drug-likeness (QED) is 0.610. The number of carbonyl (C=O) groups excluding carboxylic acids is 1. The number of halogens is 3. The molecule has 0 fully saturated rings.